The number of piperazine rings is 1. The van der Waals surface area contributed by atoms with E-state index in [0.29, 0.717) is 11.6 Å². The molecule has 0 aromatic heterocycles. The predicted molar refractivity (Wildman–Crippen MR) is 131 cm³/mol. The summed E-state index contributed by atoms with van der Waals surface area (Å²) in [5.41, 5.74) is 7.99. The fraction of sp³-hybridized carbons (Fsp3) is 0.520. The zero-order valence-electron chi connectivity index (χ0n) is 19.7. The summed E-state index contributed by atoms with van der Waals surface area (Å²) < 4.78 is 11.3. The van der Waals surface area contributed by atoms with Gasteiger partial charge in [-0.2, -0.15) is 0 Å². The van der Waals surface area contributed by atoms with Crippen LogP contribution in [0.5, 0.6) is 11.5 Å². The molecule has 1 saturated heterocycles. The van der Waals surface area contributed by atoms with E-state index >= 15 is 0 Å². The predicted octanol–water partition coefficient (Wildman–Crippen LogP) is 4.25. The highest BCUT2D eigenvalue weighted by Gasteiger charge is 2.18. The van der Waals surface area contributed by atoms with Crippen molar-refractivity contribution in [1.82, 2.24) is 10.4 Å². The summed E-state index contributed by atoms with van der Waals surface area (Å²) in [5, 5.41) is 0.653. The SMILES string of the molecule is CONCCCOc1ccc(CCN2CCN(c3ccc(Cl)c(OC)c3)CC2)c(C)c1C. The van der Waals surface area contributed by atoms with Crippen LogP contribution in [0.4, 0.5) is 5.69 Å². The number of hydroxylamine groups is 1. The van der Waals surface area contributed by atoms with E-state index in [0.717, 1.165) is 63.6 Å². The minimum atomic E-state index is 0.653. The van der Waals surface area contributed by atoms with Crippen molar-refractivity contribution >= 4 is 17.3 Å². The summed E-state index contributed by atoms with van der Waals surface area (Å²) in [6.45, 7) is 11.0. The lowest BCUT2D eigenvalue weighted by Crippen LogP contribution is -2.47. The van der Waals surface area contributed by atoms with Gasteiger partial charge in [-0.15, -0.1) is 0 Å². The molecule has 0 amide bonds. The van der Waals surface area contributed by atoms with Gasteiger partial charge in [0.05, 0.1) is 25.8 Å². The Morgan fingerprint density at radius 2 is 1.75 bits per heavy atom. The number of ether oxygens (including phenoxy) is 2. The fourth-order valence-corrected chi connectivity index (χ4v) is 4.26. The van der Waals surface area contributed by atoms with Crippen LogP contribution in [0.15, 0.2) is 30.3 Å². The first kappa shape index (κ1) is 24.6. The molecule has 176 valence electrons. The van der Waals surface area contributed by atoms with Gasteiger partial charge in [-0.1, -0.05) is 17.7 Å². The molecule has 0 bridgehead atoms. The monoisotopic (exact) mass is 461 g/mol. The number of nitrogens with zero attached hydrogens (tertiary/aromatic N) is 2. The van der Waals surface area contributed by atoms with E-state index < -0.39 is 0 Å². The Hall–Kier alpha value is -1.99. The second-order valence-electron chi connectivity index (χ2n) is 8.17. The largest absolute Gasteiger partial charge is 0.495 e. The van der Waals surface area contributed by atoms with Gasteiger partial charge < -0.3 is 19.2 Å². The van der Waals surface area contributed by atoms with Crippen LogP contribution in [0.3, 0.4) is 0 Å². The maximum absolute atomic E-state index is 6.17. The molecule has 0 unspecified atom stereocenters. The van der Waals surface area contributed by atoms with E-state index in [4.69, 9.17) is 25.9 Å². The Kier molecular flexibility index (Phi) is 9.48. The lowest BCUT2D eigenvalue weighted by molar-refractivity contribution is 0.0874. The van der Waals surface area contributed by atoms with Crippen molar-refractivity contribution in [2.75, 3.05) is 65.0 Å². The summed E-state index contributed by atoms with van der Waals surface area (Å²) >= 11 is 6.17. The molecule has 0 saturated carbocycles. The van der Waals surface area contributed by atoms with Crippen LogP contribution in [0.1, 0.15) is 23.1 Å². The first-order chi connectivity index (χ1) is 15.5. The Balaban J connectivity index is 1.47. The van der Waals surface area contributed by atoms with Gasteiger partial charge in [0.2, 0.25) is 0 Å². The van der Waals surface area contributed by atoms with E-state index in [-0.39, 0.29) is 0 Å². The van der Waals surface area contributed by atoms with Crippen LogP contribution in [0.25, 0.3) is 0 Å². The summed E-state index contributed by atoms with van der Waals surface area (Å²) in [6.07, 6.45) is 1.96. The van der Waals surface area contributed by atoms with Gasteiger partial charge in [-0.05, 0) is 61.6 Å². The summed E-state index contributed by atoms with van der Waals surface area (Å²) in [5.74, 6) is 1.71. The van der Waals surface area contributed by atoms with Crippen LogP contribution in [0, 0.1) is 13.8 Å². The standard InChI is InChI=1S/C25H36ClN3O3/c1-19-20(2)24(32-17-5-11-27-31-4)9-6-21(19)10-12-28-13-15-29(16-14-28)22-7-8-23(26)25(18-22)30-3/h6-9,18,27H,5,10-17H2,1-4H3. The van der Waals surface area contributed by atoms with Crippen molar-refractivity contribution in [1.29, 1.82) is 0 Å². The smallest absolute Gasteiger partial charge is 0.139 e. The molecule has 1 N–H and O–H groups in total. The molecule has 1 heterocycles. The van der Waals surface area contributed by atoms with E-state index in [1.807, 2.05) is 12.1 Å². The molecule has 0 aliphatic carbocycles. The molecule has 0 radical (unpaired) electrons. The second kappa shape index (κ2) is 12.3. The highest BCUT2D eigenvalue weighted by atomic mass is 35.5. The van der Waals surface area contributed by atoms with Gasteiger partial charge in [-0.25, -0.2) is 5.48 Å². The Bertz CT molecular complexity index is 870. The van der Waals surface area contributed by atoms with Crippen molar-refractivity contribution in [3.63, 3.8) is 0 Å². The lowest BCUT2D eigenvalue weighted by Gasteiger charge is -2.36. The molecule has 2 aromatic carbocycles. The van der Waals surface area contributed by atoms with Gasteiger partial charge in [0.1, 0.15) is 11.5 Å². The molecular weight excluding hydrogens is 426 g/mol. The average molecular weight is 462 g/mol. The van der Waals surface area contributed by atoms with Gasteiger partial charge in [0.15, 0.2) is 0 Å². The van der Waals surface area contributed by atoms with Crippen molar-refractivity contribution in [2.24, 2.45) is 0 Å². The first-order valence-corrected chi connectivity index (χ1v) is 11.7. The van der Waals surface area contributed by atoms with Crippen molar-refractivity contribution in [3.8, 4) is 11.5 Å². The summed E-state index contributed by atoms with van der Waals surface area (Å²) in [6, 6.07) is 10.4. The second-order valence-corrected chi connectivity index (χ2v) is 8.58. The third-order valence-corrected chi connectivity index (χ3v) is 6.56. The van der Waals surface area contributed by atoms with E-state index in [1.165, 1.54) is 22.4 Å². The Morgan fingerprint density at radius 1 is 0.969 bits per heavy atom. The molecule has 7 heteroatoms. The third kappa shape index (κ3) is 6.51. The average Bonchev–Trinajstić information content (AvgIpc) is 2.81. The first-order valence-electron chi connectivity index (χ1n) is 11.3. The topological polar surface area (TPSA) is 46.2 Å². The number of rotatable bonds is 11. The molecule has 1 aliphatic heterocycles. The van der Waals surface area contributed by atoms with E-state index in [1.54, 1.807) is 14.2 Å². The van der Waals surface area contributed by atoms with Crippen molar-refractivity contribution in [3.05, 3.63) is 52.0 Å². The quantitative estimate of drug-likeness (QED) is 0.398. The van der Waals surface area contributed by atoms with Crippen LogP contribution in [0.2, 0.25) is 5.02 Å². The maximum atomic E-state index is 6.17. The van der Waals surface area contributed by atoms with Crippen LogP contribution < -0.4 is 19.9 Å². The molecule has 6 nitrogen and oxygen atoms in total. The van der Waals surface area contributed by atoms with Crippen molar-refractivity contribution in [2.45, 2.75) is 26.7 Å². The molecule has 1 fully saturated rings. The fourth-order valence-electron chi connectivity index (χ4n) is 4.06. The van der Waals surface area contributed by atoms with Gasteiger partial charge >= 0.3 is 0 Å². The van der Waals surface area contributed by atoms with Crippen molar-refractivity contribution < 1.29 is 14.3 Å². The number of anilines is 1. The van der Waals surface area contributed by atoms with Crippen LogP contribution in [-0.2, 0) is 11.3 Å². The van der Waals surface area contributed by atoms with Gasteiger partial charge in [0, 0.05) is 51.0 Å². The maximum Gasteiger partial charge on any atom is 0.139 e. The number of nitrogens with one attached hydrogen (secondary N) is 1. The minimum absolute atomic E-state index is 0.653. The number of hydrogen-bond donors (Lipinski definition) is 1. The van der Waals surface area contributed by atoms with Crippen LogP contribution in [-0.4, -0.2) is 65.0 Å². The lowest BCUT2D eigenvalue weighted by atomic mass is 9.99. The Labute approximate surface area is 197 Å². The molecule has 0 spiro atoms. The van der Waals surface area contributed by atoms with E-state index in [9.17, 15) is 0 Å². The highest BCUT2D eigenvalue weighted by molar-refractivity contribution is 6.32. The number of methoxy groups -OCH3 is 1. The third-order valence-electron chi connectivity index (χ3n) is 6.24. The molecule has 0 atom stereocenters. The minimum Gasteiger partial charge on any atom is -0.495 e. The molecule has 3 rings (SSSR count). The number of hydrogen-bond acceptors (Lipinski definition) is 6. The normalized spacial score (nSPS) is 14.6. The summed E-state index contributed by atoms with van der Waals surface area (Å²) in [7, 11) is 3.29. The summed E-state index contributed by atoms with van der Waals surface area (Å²) in [4.78, 5) is 9.80. The molecule has 2 aromatic rings. The number of benzene rings is 2. The molecular formula is C25H36ClN3O3. The zero-order valence-corrected chi connectivity index (χ0v) is 20.5. The zero-order chi connectivity index (χ0) is 22.9. The van der Waals surface area contributed by atoms with Gasteiger partial charge in [0.25, 0.3) is 0 Å². The highest BCUT2D eigenvalue weighted by Crippen LogP contribution is 2.30. The molecule has 1 aliphatic rings. The molecule has 32 heavy (non-hydrogen) atoms. The Morgan fingerprint density at radius 3 is 2.47 bits per heavy atom. The van der Waals surface area contributed by atoms with Crippen LogP contribution >= 0.6 is 11.6 Å². The number of halogens is 1. The van der Waals surface area contributed by atoms with E-state index in [2.05, 4.69) is 47.3 Å². The van der Waals surface area contributed by atoms with Gasteiger partial charge in [-0.3, -0.25) is 4.90 Å².